The molecule has 5 nitrogen and oxygen atoms in total. The quantitative estimate of drug-likeness (QED) is 0.887. The van der Waals surface area contributed by atoms with Crippen LogP contribution in [0.4, 0.5) is 8.78 Å². The fourth-order valence-corrected chi connectivity index (χ4v) is 2.04. The van der Waals surface area contributed by atoms with E-state index in [1.54, 1.807) is 31.2 Å². The Morgan fingerprint density at radius 1 is 1.26 bits per heavy atom. The van der Waals surface area contributed by atoms with Crippen LogP contribution in [0.1, 0.15) is 28.9 Å². The number of hydrogen-bond donors (Lipinski definition) is 1. The Labute approximate surface area is 132 Å². The van der Waals surface area contributed by atoms with Gasteiger partial charge in [-0.3, -0.25) is 4.79 Å². The SMILES string of the molecule is COc1ncccc1C(=O)N[C@@H](C)c1cccc(OC(F)F)c1. The van der Waals surface area contributed by atoms with Crippen molar-refractivity contribution in [2.75, 3.05) is 7.11 Å². The smallest absolute Gasteiger partial charge is 0.387 e. The van der Waals surface area contributed by atoms with Gasteiger partial charge in [-0.1, -0.05) is 12.1 Å². The maximum atomic E-state index is 12.3. The molecule has 1 aromatic carbocycles. The van der Waals surface area contributed by atoms with Crippen LogP contribution in [0.5, 0.6) is 11.6 Å². The summed E-state index contributed by atoms with van der Waals surface area (Å²) in [5.74, 6) is -0.118. The number of carbonyl (C=O) groups excluding carboxylic acids is 1. The number of amides is 1. The molecule has 23 heavy (non-hydrogen) atoms. The first kappa shape index (κ1) is 16.7. The molecule has 0 radical (unpaired) electrons. The molecule has 0 unspecified atom stereocenters. The van der Waals surface area contributed by atoms with Gasteiger partial charge < -0.3 is 14.8 Å². The summed E-state index contributed by atoms with van der Waals surface area (Å²) in [5, 5.41) is 2.77. The zero-order chi connectivity index (χ0) is 16.8. The molecule has 0 aliphatic carbocycles. The van der Waals surface area contributed by atoms with E-state index in [4.69, 9.17) is 4.74 Å². The minimum atomic E-state index is -2.89. The zero-order valence-corrected chi connectivity index (χ0v) is 12.6. The lowest BCUT2D eigenvalue weighted by Crippen LogP contribution is -2.27. The maximum Gasteiger partial charge on any atom is 0.387 e. The van der Waals surface area contributed by atoms with Crippen molar-refractivity contribution in [1.82, 2.24) is 10.3 Å². The van der Waals surface area contributed by atoms with Crippen molar-refractivity contribution in [3.63, 3.8) is 0 Å². The molecule has 0 spiro atoms. The van der Waals surface area contributed by atoms with E-state index >= 15 is 0 Å². The van der Waals surface area contributed by atoms with Gasteiger partial charge in [0.25, 0.3) is 5.91 Å². The monoisotopic (exact) mass is 322 g/mol. The minimum Gasteiger partial charge on any atom is -0.480 e. The van der Waals surface area contributed by atoms with Gasteiger partial charge in [-0.25, -0.2) is 4.98 Å². The Kier molecular flexibility index (Phi) is 5.46. The third-order valence-corrected chi connectivity index (χ3v) is 3.14. The first-order chi connectivity index (χ1) is 11.0. The Balaban J connectivity index is 2.12. The van der Waals surface area contributed by atoms with Gasteiger partial charge in [-0.05, 0) is 36.8 Å². The molecule has 0 aliphatic heterocycles. The summed E-state index contributed by atoms with van der Waals surface area (Å²) in [6, 6.07) is 8.98. The number of pyridine rings is 1. The Morgan fingerprint density at radius 2 is 2.04 bits per heavy atom. The molecule has 0 bridgehead atoms. The number of aromatic nitrogens is 1. The third-order valence-electron chi connectivity index (χ3n) is 3.14. The van der Waals surface area contributed by atoms with Gasteiger partial charge in [-0.2, -0.15) is 8.78 Å². The Hall–Kier alpha value is -2.70. The number of halogens is 2. The maximum absolute atomic E-state index is 12.3. The molecule has 1 N–H and O–H groups in total. The van der Waals surface area contributed by atoms with Gasteiger partial charge in [-0.15, -0.1) is 0 Å². The van der Waals surface area contributed by atoms with Crippen molar-refractivity contribution in [3.05, 3.63) is 53.7 Å². The summed E-state index contributed by atoms with van der Waals surface area (Å²) >= 11 is 0. The lowest BCUT2D eigenvalue weighted by atomic mass is 10.1. The highest BCUT2D eigenvalue weighted by molar-refractivity contribution is 5.96. The van der Waals surface area contributed by atoms with Crippen LogP contribution < -0.4 is 14.8 Å². The van der Waals surface area contributed by atoms with Crippen LogP contribution in [0.25, 0.3) is 0 Å². The molecule has 1 amide bonds. The number of carbonyl (C=O) groups is 1. The van der Waals surface area contributed by atoms with Gasteiger partial charge in [0.1, 0.15) is 11.3 Å². The Bertz CT molecular complexity index is 680. The highest BCUT2D eigenvalue weighted by Crippen LogP contribution is 2.22. The highest BCUT2D eigenvalue weighted by atomic mass is 19.3. The topological polar surface area (TPSA) is 60.5 Å². The van der Waals surface area contributed by atoms with Crippen LogP contribution in [-0.2, 0) is 0 Å². The normalized spacial score (nSPS) is 11.9. The lowest BCUT2D eigenvalue weighted by molar-refractivity contribution is -0.0499. The summed E-state index contributed by atoms with van der Waals surface area (Å²) in [7, 11) is 1.42. The van der Waals surface area contributed by atoms with E-state index in [-0.39, 0.29) is 17.5 Å². The molecule has 122 valence electrons. The Morgan fingerprint density at radius 3 is 2.74 bits per heavy atom. The number of ether oxygens (including phenoxy) is 2. The molecule has 0 saturated carbocycles. The average molecular weight is 322 g/mol. The molecule has 1 heterocycles. The van der Waals surface area contributed by atoms with Gasteiger partial charge in [0.05, 0.1) is 13.2 Å². The van der Waals surface area contributed by atoms with E-state index in [2.05, 4.69) is 15.0 Å². The summed E-state index contributed by atoms with van der Waals surface area (Å²) < 4.78 is 33.9. The number of alkyl halides is 2. The molecule has 0 saturated heterocycles. The van der Waals surface area contributed by atoms with E-state index < -0.39 is 12.7 Å². The molecule has 2 rings (SSSR count). The summed E-state index contributed by atoms with van der Waals surface area (Å²) in [4.78, 5) is 16.2. The van der Waals surface area contributed by atoms with Gasteiger partial charge >= 0.3 is 6.61 Å². The summed E-state index contributed by atoms with van der Waals surface area (Å²) in [6.45, 7) is -1.16. The highest BCUT2D eigenvalue weighted by Gasteiger charge is 2.16. The lowest BCUT2D eigenvalue weighted by Gasteiger charge is -2.16. The molecule has 0 fully saturated rings. The van der Waals surface area contributed by atoms with E-state index in [1.807, 2.05) is 0 Å². The van der Waals surface area contributed by atoms with Crippen LogP contribution in [0.3, 0.4) is 0 Å². The first-order valence-electron chi connectivity index (χ1n) is 6.86. The predicted molar refractivity (Wildman–Crippen MR) is 79.7 cm³/mol. The third kappa shape index (κ3) is 4.38. The van der Waals surface area contributed by atoms with Crippen molar-refractivity contribution in [3.8, 4) is 11.6 Å². The number of methoxy groups -OCH3 is 1. The van der Waals surface area contributed by atoms with Crippen LogP contribution in [-0.4, -0.2) is 24.6 Å². The largest absolute Gasteiger partial charge is 0.480 e. The van der Waals surface area contributed by atoms with Crippen LogP contribution in [0.15, 0.2) is 42.6 Å². The van der Waals surface area contributed by atoms with E-state index in [0.717, 1.165) is 0 Å². The number of nitrogens with one attached hydrogen (secondary N) is 1. The van der Waals surface area contributed by atoms with Crippen molar-refractivity contribution in [2.24, 2.45) is 0 Å². The average Bonchev–Trinajstić information content (AvgIpc) is 2.54. The molecule has 1 aromatic heterocycles. The van der Waals surface area contributed by atoms with Crippen molar-refractivity contribution in [2.45, 2.75) is 19.6 Å². The van der Waals surface area contributed by atoms with Crippen LogP contribution in [0, 0.1) is 0 Å². The molecule has 0 aliphatic rings. The van der Waals surface area contributed by atoms with Gasteiger partial charge in [0.15, 0.2) is 0 Å². The molecular weight excluding hydrogens is 306 g/mol. The zero-order valence-electron chi connectivity index (χ0n) is 12.6. The van der Waals surface area contributed by atoms with E-state index in [1.165, 1.54) is 25.4 Å². The number of rotatable bonds is 6. The van der Waals surface area contributed by atoms with Crippen molar-refractivity contribution in [1.29, 1.82) is 0 Å². The molecule has 7 heteroatoms. The van der Waals surface area contributed by atoms with Crippen molar-refractivity contribution >= 4 is 5.91 Å². The second-order valence-electron chi connectivity index (χ2n) is 4.71. The molecule has 1 atom stereocenters. The van der Waals surface area contributed by atoms with Crippen LogP contribution in [0.2, 0.25) is 0 Å². The predicted octanol–water partition coefficient (Wildman–Crippen LogP) is 3.18. The minimum absolute atomic E-state index is 0.0394. The van der Waals surface area contributed by atoms with Gasteiger partial charge in [0, 0.05) is 6.20 Å². The number of benzene rings is 1. The van der Waals surface area contributed by atoms with E-state index in [0.29, 0.717) is 11.1 Å². The second-order valence-corrected chi connectivity index (χ2v) is 4.71. The van der Waals surface area contributed by atoms with E-state index in [9.17, 15) is 13.6 Å². The van der Waals surface area contributed by atoms with Gasteiger partial charge in [0.2, 0.25) is 5.88 Å². The standard InChI is InChI=1S/C16H16F2N2O3/c1-10(11-5-3-6-12(9-11)23-16(17)18)20-14(21)13-7-4-8-19-15(13)22-2/h3-10,16H,1-2H3,(H,20,21)/t10-/m0/s1. The fourth-order valence-electron chi connectivity index (χ4n) is 2.04. The number of nitrogens with zero attached hydrogens (tertiary/aromatic N) is 1. The molecular formula is C16H16F2N2O3. The number of hydrogen-bond acceptors (Lipinski definition) is 4. The fraction of sp³-hybridized carbons (Fsp3) is 0.250. The second kappa shape index (κ2) is 7.53. The molecule has 2 aromatic rings. The summed E-state index contributed by atoms with van der Waals surface area (Å²) in [6.07, 6.45) is 1.52. The van der Waals surface area contributed by atoms with Crippen molar-refractivity contribution < 1.29 is 23.0 Å². The summed E-state index contributed by atoms with van der Waals surface area (Å²) in [5.41, 5.74) is 0.932. The van der Waals surface area contributed by atoms with Crippen LogP contribution >= 0.6 is 0 Å². The first-order valence-corrected chi connectivity index (χ1v) is 6.86.